The van der Waals surface area contributed by atoms with Gasteiger partial charge in [-0.05, 0) is 29.8 Å². The van der Waals surface area contributed by atoms with E-state index < -0.39 is 14.5 Å². The Balaban J connectivity index is 2.43. The van der Waals surface area contributed by atoms with Gasteiger partial charge in [-0.15, -0.1) is 0 Å². The van der Waals surface area contributed by atoms with Crippen LogP contribution >= 0.6 is 23.2 Å². The van der Waals surface area contributed by atoms with Crippen LogP contribution in [0.2, 0.25) is 5.02 Å². The Morgan fingerprint density at radius 3 is 2.22 bits per heavy atom. The molecule has 0 aliphatic carbocycles. The zero-order valence-corrected chi connectivity index (χ0v) is 11.6. The number of sulfone groups is 1. The summed E-state index contributed by atoms with van der Waals surface area (Å²) in [4.78, 5) is 0.199. The summed E-state index contributed by atoms with van der Waals surface area (Å²) in [6.07, 6.45) is 0. The Bertz CT molecular complexity index is 639. The van der Waals surface area contributed by atoms with E-state index in [1.165, 1.54) is 12.1 Å². The van der Waals surface area contributed by atoms with Crippen LogP contribution in [0.15, 0.2) is 59.5 Å². The third-order valence-electron chi connectivity index (χ3n) is 2.45. The SMILES string of the molecule is O=S(=O)(c1ccccc1)[C@@H](Cl)c1cccc(Cl)c1. The Kier molecular flexibility index (Phi) is 3.95. The minimum Gasteiger partial charge on any atom is -0.222 e. The molecule has 0 heterocycles. The van der Waals surface area contributed by atoms with Gasteiger partial charge < -0.3 is 0 Å². The van der Waals surface area contributed by atoms with Crippen molar-refractivity contribution in [2.75, 3.05) is 0 Å². The molecule has 0 aliphatic rings. The molecule has 1 atom stereocenters. The van der Waals surface area contributed by atoms with Gasteiger partial charge in [0.1, 0.15) is 0 Å². The third-order valence-corrected chi connectivity index (χ3v) is 5.39. The van der Waals surface area contributed by atoms with Crippen molar-refractivity contribution in [3.8, 4) is 0 Å². The molecule has 0 aliphatic heterocycles. The minimum absolute atomic E-state index is 0.199. The second kappa shape index (κ2) is 5.31. The van der Waals surface area contributed by atoms with Crippen molar-refractivity contribution in [2.45, 2.75) is 9.60 Å². The predicted octanol–water partition coefficient (Wildman–Crippen LogP) is 4.05. The smallest absolute Gasteiger partial charge is 0.199 e. The monoisotopic (exact) mass is 300 g/mol. The summed E-state index contributed by atoms with van der Waals surface area (Å²) >= 11 is 11.9. The topological polar surface area (TPSA) is 34.1 Å². The summed E-state index contributed by atoms with van der Waals surface area (Å²) in [6.45, 7) is 0. The molecule has 0 unspecified atom stereocenters. The number of hydrogen-bond acceptors (Lipinski definition) is 2. The van der Waals surface area contributed by atoms with Gasteiger partial charge >= 0.3 is 0 Å². The summed E-state index contributed by atoms with van der Waals surface area (Å²) < 4.78 is 23.4. The molecule has 0 saturated carbocycles. The zero-order chi connectivity index (χ0) is 13.2. The van der Waals surface area contributed by atoms with E-state index in [1.807, 2.05) is 0 Å². The summed E-state index contributed by atoms with van der Waals surface area (Å²) in [5.41, 5.74) is 0.466. The first kappa shape index (κ1) is 13.4. The van der Waals surface area contributed by atoms with Crippen LogP contribution in [0.25, 0.3) is 0 Å². The number of rotatable bonds is 3. The van der Waals surface area contributed by atoms with Gasteiger partial charge in [0.2, 0.25) is 0 Å². The molecule has 2 aromatic rings. The van der Waals surface area contributed by atoms with Gasteiger partial charge in [-0.25, -0.2) is 8.42 Å². The van der Waals surface area contributed by atoms with Gasteiger partial charge in [0.25, 0.3) is 0 Å². The van der Waals surface area contributed by atoms with Crippen LogP contribution < -0.4 is 0 Å². The average molecular weight is 301 g/mol. The van der Waals surface area contributed by atoms with E-state index in [0.717, 1.165) is 0 Å². The molecule has 18 heavy (non-hydrogen) atoms. The maximum Gasteiger partial charge on any atom is 0.199 e. The van der Waals surface area contributed by atoms with Gasteiger partial charge in [0, 0.05) is 5.02 Å². The van der Waals surface area contributed by atoms with Crippen LogP contribution in [-0.4, -0.2) is 8.42 Å². The van der Waals surface area contributed by atoms with Gasteiger partial charge in [0.15, 0.2) is 14.5 Å². The standard InChI is InChI=1S/C13H10Cl2O2S/c14-11-6-4-5-10(9-11)13(15)18(16,17)12-7-2-1-3-8-12/h1-9,13H/t13-/m1/s1. The zero-order valence-electron chi connectivity index (χ0n) is 9.25. The molecule has 0 fully saturated rings. The molecular formula is C13H10Cl2O2S. The molecule has 0 spiro atoms. The van der Waals surface area contributed by atoms with Crippen molar-refractivity contribution < 1.29 is 8.42 Å². The summed E-state index contributed by atoms with van der Waals surface area (Å²) in [6, 6.07) is 14.7. The number of benzene rings is 2. The van der Waals surface area contributed by atoms with E-state index in [4.69, 9.17) is 23.2 Å². The average Bonchev–Trinajstić information content (AvgIpc) is 2.39. The molecule has 0 saturated heterocycles. The van der Waals surface area contributed by atoms with Crippen molar-refractivity contribution in [1.82, 2.24) is 0 Å². The number of alkyl halides is 1. The fourth-order valence-electron chi connectivity index (χ4n) is 1.56. The number of halogens is 2. The number of hydrogen-bond donors (Lipinski definition) is 0. The minimum atomic E-state index is -3.60. The third kappa shape index (κ3) is 2.69. The molecule has 2 nitrogen and oxygen atoms in total. The van der Waals surface area contributed by atoms with Crippen molar-refractivity contribution in [3.63, 3.8) is 0 Å². The summed E-state index contributed by atoms with van der Waals surface area (Å²) in [7, 11) is -3.60. The van der Waals surface area contributed by atoms with Gasteiger partial charge in [-0.2, -0.15) is 0 Å². The first-order valence-electron chi connectivity index (χ1n) is 5.20. The lowest BCUT2D eigenvalue weighted by Gasteiger charge is -2.11. The Morgan fingerprint density at radius 1 is 0.944 bits per heavy atom. The van der Waals surface area contributed by atoms with Crippen molar-refractivity contribution in [2.24, 2.45) is 0 Å². The van der Waals surface area contributed by atoms with E-state index in [2.05, 4.69) is 0 Å². The van der Waals surface area contributed by atoms with Crippen molar-refractivity contribution in [3.05, 3.63) is 65.2 Å². The first-order chi connectivity index (χ1) is 8.51. The molecule has 2 rings (SSSR count). The molecule has 0 aromatic heterocycles. The van der Waals surface area contributed by atoms with Crippen LogP contribution in [0.4, 0.5) is 0 Å². The lowest BCUT2D eigenvalue weighted by Crippen LogP contribution is -2.08. The quantitative estimate of drug-likeness (QED) is 0.801. The van der Waals surface area contributed by atoms with Crippen molar-refractivity contribution >= 4 is 33.0 Å². The lowest BCUT2D eigenvalue weighted by molar-refractivity contribution is 0.594. The van der Waals surface area contributed by atoms with Crippen LogP contribution in [0.3, 0.4) is 0 Å². The highest BCUT2D eigenvalue weighted by molar-refractivity contribution is 7.92. The van der Waals surface area contributed by atoms with E-state index >= 15 is 0 Å². The maximum atomic E-state index is 12.3. The van der Waals surface area contributed by atoms with Crippen LogP contribution in [-0.2, 0) is 9.84 Å². The van der Waals surface area contributed by atoms with E-state index in [0.29, 0.717) is 10.6 Å². The summed E-state index contributed by atoms with van der Waals surface area (Å²) in [5, 5.41) is 0.460. The Morgan fingerprint density at radius 2 is 1.61 bits per heavy atom. The second-order valence-electron chi connectivity index (χ2n) is 3.73. The van der Waals surface area contributed by atoms with Gasteiger partial charge in [-0.3, -0.25) is 0 Å². The molecule has 0 radical (unpaired) electrons. The molecule has 0 amide bonds. The van der Waals surface area contributed by atoms with Gasteiger partial charge in [-0.1, -0.05) is 53.5 Å². The molecule has 0 N–H and O–H groups in total. The molecule has 0 bridgehead atoms. The van der Waals surface area contributed by atoms with E-state index in [1.54, 1.807) is 42.5 Å². The highest BCUT2D eigenvalue weighted by Crippen LogP contribution is 2.33. The molecule has 2 aromatic carbocycles. The molecule has 94 valence electrons. The van der Waals surface area contributed by atoms with Crippen LogP contribution in [0.5, 0.6) is 0 Å². The highest BCUT2D eigenvalue weighted by Gasteiger charge is 2.26. The first-order valence-corrected chi connectivity index (χ1v) is 7.56. The fourth-order valence-corrected chi connectivity index (χ4v) is 3.48. The second-order valence-corrected chi connectivity index (χ2v) is 6.89. The lowest BCUT2D eigenvalue weighted by atomic mass is 10.2. The fraction of sp³-hybridized carbons (Fsp3) is 0.0769. The maximum absolute atomic E-state index is 12.3. The Hall–Kier alpha value is -1.03. The highest BCUT2D eigenvalue weighted by atomic mass is 35.5. The molecular weight excluding hydrogens is 291 g/mol. The molecule has 5 heteroatoms. The van der Waals surface area contributed by atoms with E-state index in [9.17, 15) is 8.42 Å². The van der Waals surface area contributed by atoms with E-state index in [-0.39, 0.29) is 4.90 Å². The normalized spacial score (nSPS) is 13.2. The van der Waals surface area contributed by atoms with Crippen LogP contribution in [0, 0.1) is 0 Å². The van der Waals surface area contributed by atoms with Gasteiger partial charge in [0.05, 0.1) is 4.90 Å². The van der Waals surface area contributed by atoms with Crippen LogP contribution in [0.1, 0.15) is 10.3 Å². The summed E-state index contributed by atoms with van der Waals surface area (Å²) in [5.74, 6) is 0. The van der Waals surface area contributed by atoms with Crippen molar-refractivity contribution in [1.29, 1.82) is 0 Å². The Labute approximate surface area is 116 Å². The largest absolute Gasteiger partial charge is 0.222 e. The predicted molar refractivity (Wildman–Crippen MR) is 73.7 cm³/mol.